The second kappa shape index (κ2) is 18.0. The van der Waals surface area contributed by atoms with Crippen LogP contribution in [0.3, 0.4) is 0 Å². The first-order chi connectivity index (χ1) is 30.5. The maximum Gasteiger partial charge on any atom is 0.427 e. The summed E-state index contributed by atoms with van der Waals surface area (Å²) in [7, 11) is -1.21. The quantitative estimate of drug-likeness (QED) is 0.152. The van der Waals surface area contributed by atoms with Crippen molar-refractivity contribution in [1.29, 1.82) is 0 Å². The summed E-state index contributed by atoms with van der Waals surface area (Å²) >= 11 is 0. The number of aromatic nitrogens is 1. The number of nitrogens with one attached hydrogen (secondary N) is 3. The molecule has 352 valence electrons. The largest absolute Gasteiger partial charge is 0.497 e. The molecule has 4 aliphatic rings. The normalized spacial score (nSPS) is 27.0. The summed E-state index contributed by atoms with van der Waals surface area (Å²) < 4.78 is 107. The molecule has 3 fully saturated rings. The molecule has 1 saturated heterocycles. The first kappa shape index (κ1) is 47.3. The molecule has 2 aliphatic heterocycles. The number of amides is 4. The van der Waals surface area contributed by atoms with Gasteiger partial charge in [-0.15, -0.1) is 0 Å². The molecule has 2 saturated carbocycles. The van der Waals surface area contributed by atoms with Gasteiger partial charge in [0.1, 0.15) is 29.5 Å². The highest BCUT2D eigenvalue weighted by molar-refractivity contribution is 7.91. The highest BCUT2D eigenvalue weighted by Gasteiger charge is 2.62. The topological polar surface area (TPSA) is 192 Å². The molecular formula is C45H53F4N5O10S. The van der Waals surface area contributed by atoms with Crippen molar-refractivity contribution in [3.05, 3.63) is 60.4 Å². The summed E-state index contributed by atoms with van der Waals surface area (Å²) in [6, 6.07) is 8.16. The summed E-state index contributed by atoms with van der Waals surface area (Å²) in [6.45, 7) is 4.62. The van der Waals surface area contributed by atoms with Gasteiger partial charge < -0.3 is 34.5 Å². The zero-order valence-corrected chi connectivity index (χ0v) is 37.6. The predicted molar refractivity (Wildman–Crippen MR) is 229 cm³/mol. The Morgan fingerprint density at radius 1 is 0.985 bits per heavy atom. The SMILES string of the molecule is COc1ccc2c(O[C@@H]3C[C@H]4C(=O)N[C@]5(C(=O)NS(=O)(=O)C6CC6)C[C@H]5/C=C\CC[C@H](C)C[C@@H](C)[C@H](NC(=O)OC(C)(C)C(F)(F)F)C(=O)N4C3)nc(-c3ccc(OC)c(F)c3)cc2c1. The number of benzene rings is 2. The first-order valence-corrected chi connectivity index (χ1v) is 23.0. The number of fused-ring (bicyclic) bond motifs is 3. The zero-order valence-electron chi connectivity index (χ0n) is 36.8. The van der Waals surface area contributed by atoms with E-state index < -0.39 is 92.2 Å². The van der Waals surface area contributed by atoms with Crippen LogP contribution in [0.15, 0.2) is 54.6 Å². The van der Waals surface area contributed by atoms with E-state index in [9.17, 15) is 45.2 Å². The number of nitrogens with zero attached hydrogens (tertiary/aromatic N) is 2. The summed E-state index contributed by atoms with van der Waals surface area (Å²) in [5.41, 5.74) is -3.96. The van der Waals surface area contributed by atoms with E-state index in [-0.39, 0.29) is 36.9 Å². The number of carbonyl (C=O) groups excluding carboxylic acids is 4. The maximum absolute atomic E-state index is 15.0. The van der Waals surface area contributed by atoms with Crippen LogP contribution in [-0.4, -0.2) is 104 Å². The third kappa shape index (κ3) is 10.1. The fourth-order valence-electron chi connectivity index (χ4n) is 8.50. The fraction of sp³-hybridized carbons (Fsp3) is 0.533. The van der Waals surface area contributed by atoms with Crippen LogP contribution in [0.5, 0.6) is 17.4 Å². The number of alkyl carbamates (subject to hydrolysis) is 1. The van der Waals surface area contributed by atoms with Gasteiger partial charge >= 0.3 is 12.3 Å². The Bertz CT molecular complexity index is 2500. The molecule has 3 N–H and O–H groups in total. The zero-order chi connectivity index (χ0) is 47.2. The smallest absolute Gasteiger partial charge is 0.427 e. The van der Waals surface area contributed by atoms with Gasteiger partial charge in [-0.2, -0.15) is 13.2 Å². The van der Waals surface area contributed by atoms with Crippen LogP contribution in [0.1, 0.15) is 72.6 Å². The van der Waals surface area contributed by atoms with Gasteiger partial charge in [0.05, 0.1) is 31.7 Å². The van der Waals surface area contributed by atoms with Crippen molar-refractivity contribution < 1.29 is 64.1 Å². The van der Waals surface area contributed by atoms with Crippen molar-refractivity contribution >= 4 is 44.6 Å². The number of carbonyl (C=O) groups is 4. The lowest BCUT2D eigenvalue weighted by Gasteiger charge is -2.34. The minimum atomic E-state index is -4.95. The second-order valence-electron chi connectivity index (χ2n) is 18.0. The van der Waals surface area contributed by atoms with Gasteiger partial charge in [-0.25, -0.2) is 22.6 Å². The summed E-state index contributed by atoms with van der Waals surface area (Å²) in [5.74, 6) is -4.05. The maximum atomic E-state index is 15.0. The van der Waals surface area contributed by atoms with Gasteiger partial charge in [0.25, 0.3) is 5.91 Å². The van der Waals surface area contributed by atoms with Crippen molar-refractivity contribution in [3.8, 4) is 28.6 Å². The average molecular weight is 932 g/mol. The molecule has 3 aromatic rings. The number of ether oxygens (including phenoxy) is 4. The lowest BCUT2D eigenvalue weighted by molar-refractivity contribution is -0.244. The Balaban J connectivity index is 1.27. The van der Waals surface area contributed by atoms with Gasteiger partial charge in [0.2, 0.25) is 33.3 Å². The van der Waals surface area contributed by atoms with Gasteiger partial charge in [-0.3, -0.25) is 19.1 Å². The molecule has 1 aromatic heterocycles. The number of pyridine rings is 1. The fourth-order valence-corrected chi connectivity index (χ4v) is 9.86. The predicted octanol–water partition coefficient (Wildman–Crippen LogP) is 6.34. The Hall–Kier alpha value is -5.66. The van der Waals surface area contributed by atoms with E-state index in [1.165, 1.54) is 26.4 Å². The number of sulfonamides is 1. The van der Waals surface area contributed by atoms with Crippen LogP contribution in [0.25, 0.3) is 22.0 Å². The Kier molecular flexibility index (Phi) is 13.1. The third-order valence-electron chi connectivity index (χ3n) is 12.6. The van der Waals surface area contributed by atoms with Crippen molar-refractivity contribution in [2.75, 3.05) is 20.8 Å². The monoisotopic (exact) mass is 931 g/mol. The van der Waals surface area contributed by atoms with E-state index in [0.29, 0.717) is 73.7 Å². The Morgan fingerprint density at radius 2 is 1.72 bits per heavy atom. The minimum absolute atomic E-state index is 0.0103. The summed E-state index contributed by atoms with van der Waals surface area (Å²) in [6.07, 6.45) is -1.81. The summed E-state index contributed by atoms with van der Waals surface area (Å²) in [5, 5.41) is 5.49. The van der Waals surface area contributed by atoms with E-state index >= 15 is 0 Å². The molecule has 15 nitrogen and oxygen atoms in total. The van der Waals surface area contributed by atoms with Crippen LogP contribution >= 0.6 is 0 Å². The van der Waals surface area contributed by atoms with Crippen LogP contribution in [0.2, 0.25) is 0 Å². The number of hydrogen-bond donors (Lipinski definition) is 3. The van der Waals surface area contributed by atoms with E-state index in [0.717, 1.165) is 4.90 Å². The molecular weight excluding hydrogens is 879 g/mol. The number of hydrogen-bond acceptors (Lipinski definition) is 11. The molecule has 3 heterocycles. The van der Waals surface area contributed by atoms with Crippen molar-refractivity contribution in [3.63, 3.8) is 0 Å². The Morgan fingerprint density at radius 3 is 2.38 bits per heavy atom. The van der Waals surface area contributed by atoms with Gasteiger partial charge in [-0.1, -0.05) is 26.0 Å². The molecule has 0 unspecified atom stereocenters. The molecule has 4 amide bonds. The molecule has 0 bridgehead atoms. The van der Waals surface area contributed by atoms with Crippen LogP contribution in [0.4, 0.5) is 22.4 Å². The van der Waals surface area contributed by atoms with Gasteiger partial charge in [0, 0.05) is 23.3 Å². The summed E-state index contributed by atoms with van der Waals surface area (Å²) in [4.78, 5) is 62.7. The lowest BCUT2D eigenvalue weighted by atomic mass is 9.88. The molecule has 2 aliphatic carbocycles. The Labute approximate surface area is 374 Å². The number of allylic oxidation sites excluding steroid dienone is 1. The number of methoxy groups -OCH3 is 2. The van der Waals surface area contributed by atoms with Gasteiger partial charge in [0.15, 0.2) is 11.6 Å². The van der Waals surface area contributed by atoms with Gasteiger partial charge in [-0.05, 0) is 112 Å². The number of alkyl halides is 3. The van der Waals surface area contributed by atoms with E-state index in [1.807, 2.05) is 13.0 Å². The highest BCUT2D eigenvalue weighted by Crippen LogP contribution is 2.46. The second-order valence-corrected chi connectivity index (χ2v) is 20.0. The molecule has 20 heteroatoms. The number of rotatable bonds is 10. The van der Waals surface area contributed by atoms with Crippen molar-refractivity contribution in [1.82, 2.24) is 25.2 Å². The van der Waals surface area contributed by atoms with E-state index in [2.05, 4.69) is 15.4 Å². The molecule has 7 rings (SSSR count). The average Bonchev–Trinajstić information content (AvgIpc) is 4.17. The van der Waals surface area contributed by atoms with Crippen LogP contribution in [-0.2, 0) is 29.1 Å². The molecule has 2 aromatic carbocycles. The van der Waals surface area contributed by atoms with E-state index in [4.69, 9.17) is 23.9 Å². The van der Waals surface area contributed by atoms with Crippen LogP contribution in [0, 0.1) is 23.6 Å². The molecule has 0 spiro atoms. The highest BCUT2D eigenvalue weighted by atomic mass is 32.2. The van der Waals surface area contributed by atoms with Crippen molar-refractivity contribution in [2.24, 2.45) is 17.8 Å². The molecule has 7 atom stereocenters. The van der Waals surface area contributed by atoms with Crippen LogP contribution < -0.4 is 29.6 Å². The van der Waals surface area contributed by atoms with Crippen molar-refractivity contribution in [2.45, 2.75) is 113 Å². The third-order valence-corrected chi connectivity index (χ3v) is 14.5. The standard InChI is InChI=1S/C45H53F4N5O10S/c1-24-9-7-8-10-28-22-44(28,41(57)53-65(59,60)31-13-14-31)52-38(55)35-21-30(23-54(35)40(56)37(25(2)17-24)51-42(58)64-43(3,4)45(47,48)49)63-39-32-15-12-29(61-5)18-27(32)20-34(50-39)26-11-16-36(62-6)33(46)19-26/h8,10-12,15-16,18-20,24-25,28,30-31,35,37H,7,9,13-14,17,21-23H2,1-6H3,(H,51,58)(H,52,55)(H,53,57)/b10-8-/t24-,25+,28+,30+,35-,37-,44+/m0/s1. The minimum Gasteiger partial charge on any atom is -0.497 e. The number of halogens is 4. The molecule has 65 heavy (non-hydrogen) atoms. The lowest BCUT2D eigenvalue weighted by Crippen LogP contribution is -2.59. The first-order valence-electron chi connectivity index (χ1n) is 21.5. The molecule has 0 radical (unpaired) electrons. The van der Waals surface area contributed by atoms with E-state index in [1.54, 1.807) is 43.3 Å².